The number of hydrogen-bond donors (Lipinski definition) is 0. The van der Waals surface area contributed by atoms with Crippen LogP contribution in [-0.2, 0) is 13.1 Å². The molecule has 3 aliphatic rings. The van der Waals surface area contributed by atoms with E-state index in [9.17, 15) is 0 Å². The second kappa shape index (κ2) is 4.94. The normalized spacial score (nSPS) is 22.8. The summed E-state index contributed by atoms with van der Waals surface area (Å²) in [5.41, 5.74) is 3.27. The van der Waals surface area contributed by atoms with E-state index in [1.807, 2.05) is 12.3 Å². The fraction of sp³-hybridized carbons (Fsp3) is 0.632. The van der Waals surface area contributed by atoms with Gasteiger partial charge in [0.2, 0.25) is 0 Å². The van der Waals surface area contributed by atoms with Crippen LogP contribution in [0.4, 0.5) is 10.1 Å². The summed E-state index contributed by atoms with van der Waals surface area (Å²) in [6.45, 7) is 9.06. The zero-order valence-corrected chi connectivity index (χ0v) is 14.6. The van der Waals surface area contributed by atoms with Crippen molar-refractivity contribution < 1.29 is 4.39 Å². The van der Waals surface area contributed by atoms with Gasteiger partial charge in [0.1, 0.15) is 5.65 Å². The number of rotatable bonds is 2. The Morgan fingerprint density at radius 3 is 2.67 bits per heavy atom. The average molecular weight is 328 g/mol. The highest BCUT2D eigenvalue weighted by Crippen LogP contribution is 2.49. The smallest absolute Gasteiger partial charge is 0.155 e. The number of pyridine rings is 1. The Morgan fingerprint density at radius 2 is 2.00 bits per heavy atom. The van der Waals surface area contributed by atoms with Crippen LogP contribution in [0.2, 0.25) is 0 Å². The predicted octanol–water partition coefficient (Wildman–Crippen LogP) is 3.39. The molecule has 5 heteroatoms. The Morgan fingerprint density at radius 1 is 1.21 bits per heavy atom. The fourth-order valence-corrected chi connectivity index (χ4v) is 4.67. The lowest BCUT2D eigenvalue weighted by molar-refractivity contribution is 0.0904. The van der Waals surface area contributed by atoms with Crippen LogP contribution in [0.3, 0.4) is 0 Å². The summed E-state index contributed by atoms with van der Waals surface area (Å²) >= 11 is 0. The van der Waals surface area contributed by atoms with Gasteiger partial charge in [0.05, 0.1) is 23.0 Å². The van der Waals surface area contributed by atoms with E-state index in [-0.39, 0.29) is 5.82 Å². The first-order chi connectivity index (χ1) is 11.6. The molecule has 0 radical (unpaired) electrons. The molecule has 2 aromatic rings. The summed E-state index contributed by atoms with van der Waals surface area (Å²) in [6, 6.07) is 2.47. The second-order valence-electron chi connectivity index (χ2n) is 8.25. The summed E-state index contributed by atoms with van der Waals surface area (Å²) in [5, 5.41) is 0.697. The van der Waals surface area contributed by atoms with Crippen molar-refractivity contribution in [2.24, 2.45) is 5.41 Å². The summed E-state index contributed by atoms with van der Waals surface area (Å²) in [7, 11) is 0. The van der Waals surface area contributed by atoms with Gasteiger partial charge < -0.3 is 9.47 Å². The fourth-order valence-electron chi connectivity index (χ4n) is 4.67. The largest absolute Gasteiger partial charge is 0.369 e. The third-order valence-corrected chi connectivity index (χ3v) is 6.45. The zero-order chi connectivity index (χ0) is 16.5. The minimum Gasteiger partial charge on any atom is -0.369 e. The molecule has 0 N–H and O–H groups in total. The second-order valence-corrected chi connectivity index (χ2v) is 8.25. The Bertz CT molecular complexity index is 797. The van der Waals surface area contributed by atoms with Crippen molar-refractivity contribution in [1.29, 1.82) is 0 Å². The van der Waals surface area contributed by atoms with Gasteiger partial charge in [-0.05, 0) is 32.8 Å². The van der Waals surface area contributed by atoms with E-state index in [0.29, 0.717) is 23.4 Å². The molecular formula is C19H25FN4. The molecule has 1 aliphatic carbocycles. The van der Waals surface area contributed by atoms with Crippen LogP contribution < -0.4 is 4.90 Å². The van der Waals surface area contributed by atoms with Gasteiger partial charge in [-0.2, -0.15) is 0 Å². The third-order valence-electron chi connectivity index (χ3n) is 6.45. The van der Waals surface area contributed by atoms with Gasteiger partial charge in [-0.3, -0.25) is 4.90 Å². The molecule has 2 aromatic heterocycles. The van der Waals surface area contributed by atoms with E-state index in [1.165, 1.54) is 19.3 Å². The number of hydrogen-bond acceptors (Lipinski definition) is 3. The minimum atomic E-state index is -0.0661. The number of fused-ring (bicyclic) bond motifs is 3. The minimum absolute atomic E-state index is 0.0661. The van der Waals surface area contributed by atoms with Crippen LogP contribution in [0, 0.1) is 11.2 Å². The predicted molar refractivity (Wildman–Crippen MR) is 93.7 cm³/mol. The maximum absolute atomic E-state index is 15.0. The third kappa shape index (κ3) is 1.97. The molecule has 0 unspecified atom stereocenters. The van der Waals surface area contributed by atoms with Crippen LogP contribution in [0.5, 0.6) is 0 Å². The molecule has 1 saturated heterocycles. The molecule has 4 nitrogen and oxygen atoms in total. The molecule has 0 bridgehead atoms. The average Bonchev–Trinajstić information content (AvgIpc) is 2.77. The van der Waals surface area contributed by atoms with Crippen molar-refractivity contribution in [3.8, 4) is 0 Å². The summed E-state index contributed by atoms with van der Waals surface area (Å²) < 4.78 is 17.1. The van der Waals surface area contributed by atoms with Gasteiger partial charge >= 0.3 is 0 Å². The topological polar surface area (TPSA) is 24.3 Å². The lowest BCUT2D eigenvalue weighted by atomic mass is 9.63. The van der Waals surface area contributed by atoms with Gasteiger partial charge in [-0.15, -0.1) is 0 Å². The summed E-state index contributed by atoms with van der Waals surface area (Å²) in [4.78, 5) is 9.33. The van der Waals surface area contributed by atoms with Crippen LogP contribution in [0.25, 0.3) is 11.0 Å². The molecule has 1 spiro atoms. The number of aromatic nitrogens is 2. The van der Waals surface area contributed by atoms with Crippen molar-refractivity contribution in [1.82, 2.24) is 14.5 Å². The maximum atomic E-state index is 15.0. The Kier molecular flexibility index (Phi) is 3.03. The quantitative estimate of drug-likeness (QED) is 0.844. The van der Waals surface area contributed by atoms with E-state index < -0.39 is 0 Å². The SMILES string of the molecule is CC(C)N1CCn2c(c(F)c3cc(N4CC5(CCC5)C4)cnc32)C1. The summed E-state index contributed by atoms with van der Waals surface area (Å²) in [5.74, 6) is -0.0661. The van der Waals surface area contributed by atoms with Gasteiger partial charge in [0, 0.05) is 44.2 Å². The van der Waals surface area contributed by atoms with Crippen molar-refractivity contribution >= 4 is 16.7 Å². The van der Waals surface area contributed by atoms with Gasteiger partial charge in [0.25, 0.3) is 0 Å². The monoisotopic (exact) mass is 328 g/mol. The first kappa shape index (κ1) is 14.7. The van der Waals surface area contributed by atoms with Gasteiger partial charge in [0.15, 0.2) is 5.82 Å². The van der Waals surface area contributed by atoms with Crippen molar-refractivity contribution in [2.75, 3.05) is 24.5 Å². The molecular weight excluding hydrogens is 303 g/mol. The van der Waals surface area contributed by atoms with E-state index in [4.69, 9.17) is 0 Å². The maximum Gasteiger partial charge on any atom is 0.155 e. The van der Waals surface area contributed by atoms with E-state index >= 15 is 4.39 Å². The van der Waals surface area contributed by atoms with Crippen LogP contribution >= 0.6 is 0 Å². The Labute approximate surface area is 142 Å². The van der Waals surface area contributed by atoms with E-state index in [1.54, 1.807) is 0 Å². The molecule has 5 rings (SSSR count). The Hall–Kier alpha value is -1.62. The van der Waals surface area contributed by atoms with Crippen molar-refractivity contribution in [3.63, 3.8) is 0 Å². The lowest BCUT2D eigenvalue weighted by Gasteiger charge is -2.56. The standard InChI is InChI=1S/C19H25FN4/c1-13(2)22-6-7-24-16(10-22)17(20)15-8-14(9-21-18(15)24)23-11-19(12-23)4-3-5-19/h8-9,13H,3-7,10-12H2,1-2H3. The molecule has 1 saturated carbocycles. The van der Waals surface area contributed by atoms with Crippen molar-refractivity contribution in [2.45, 2.75) is 52.2 Å². The van der Waals surface area contributed by atoms with Crippen LogP contribution in [0.15, 0.2) is 12.3 Å². The van der Waals surface area contributed by atoms with E-state index in [0.717, 1.165) is 43.2 Å². The number of nitrogens with zero attached hydrogens (tertiary/aromatic N) is 4. The molecule has 4 heterocycles. The first-order valence-corrected chi connectivity index (χ1v) is 9.22. The van der Waals surface area contributed by atoms with E-state index in [2.05, 4.69) is 33.2 Å². The zero-order valence-electron chi connectivity index (χ0n) is 14.6. The molecule has 2 fully saturated rings. The van der Waals surface area contributed by atoms with Crippen LogP contribution in [0.1, 0.15) is 38.8 Å². The first-order valence-electron chi connectivity index (χ1n) is 9.22. The molecule has 128 valence electrons. The highest BCUT2D eigenvalue weighted by atomic mass is 19.1. The molecule has 24 heavy (non-hydrogen) atoms. The Balaban J connectivity index is 1.49. The lowest BCUT2D eigenvalue weighted by Crippen LogP contribution is -2.59. The van der Waals surface area contributed by atoms with Gasteiger partial charge in [-0.25, -0.2) is 9.37 Å². The van der Waals surface area contributed by atoms with Crippen molar-refractivity contribution in [3.05, 3.63) is 23.8 Å². The number of halogens is 1. The molecule has 2 aliphatic heterocycles. The van der Waals surface area contributed by atoms with Gasteiger partial charge in [-0.1, -0.05) is 6.42 Å². The molecule has 0 aromatic carbocycles. The highest BCUT2D eigenvalue weighted by molar-refractivity contribution is 5.82. The highest BCUT2D eigenvalue weighted by Gasteiger charge is 2.47. The molecule has 0 atom stereocenters. The molecule has 0 amide bonds. The van der Waals surface area contributed by atoms with Crippen LogP contribution in [-0.4, -0.2) is 40.1 Å². The summed E-state index contributed by atoms with van der Waals surface area (Å²) in [6.07, 6.45) is 6.03. The number of anilines is 1.